The van der Waals surface area contributed by atoms with Crippen LogP contribution in [0.3, 0.4) is 0 Å². The largest absolute Gasteiger partial charge is 0.448 e. The number of aromatic nitrogens is 4. The van der Waals surface area contributed by atoms with Crippen LogP contribution in [-0.2, 0) is 4.79 Å². The zero-order chi connectivity index (χ0) is 17.6. The maximum Gasteiger partial charge on any atom is 0.251 e. The molecule has 0 saturated heterocycles. The summed E-state index contributed by atoms with van der Waals surface area (Å²) in [5.74, 6) is 1.12. The maximum absolute atomic E-state index is 12.3. The first kappa shape index (κ1) is 15.9. The molecule has 1 spiro atoms. The molecule has 1 aliphatic heterocycles. The van der Waals surface area contributed by atoms with Gasteiger partial charge in [-0.1, -0.05) is 11.8 Å². The van der Waals surface area contributed by atoms with Gasteiger partial charge in [0.15, 0.2) is 11.5 Å². The Morgan fingerprint density at radius 1 is 1.27 bits per heavy atom. The van der Waals surface area contributed by atoms with E-state index in [0.717, 1.165) is 44.3 Å². The van der Waals surface area contributed by atoms with Crippen LogP contribution >= 0.6 is 11.8 Å². The van der Waals surface area contributed by atoms with Crippen molar-refractivity contribution in [3.05, 3.63) is 18.2 Å². The molecule has 3 aliphatic rings. The molecule has 2 saturated carbocycles. The quantitative estimate of drug-likeness (QED) is 0.806. The van der Waals surface area contributed by atoms with Gasteiger partial charge < -0.3 is 14.8 Å². The SMILES string of the molecule is O=C(CSc1nnnn1C1CC1)Nc1ccc2c(c1)OC1(CCCC1)O2. The van der Waals surface area contributed by atoms with Crippen molar-refractivity contribution in [2.45, 2.75) is 55.5 Å². The highest BCUT2D eigenvalue weighted by Gasteiger charge is 2.44. The number of tetrazole rings is 1. The van der Waals surface area contributed by atoms with Crippen LogP contribution in [0, 0.1) is 0 Å². The Hall–Kier alpha value is -2.29. The lowest BCUT2D eigenvalue weighted by atomic mass is 10.2. The number of rotatable bonds is 5. The number of carbonyl (C=O) groups excluding carboxylic acids is 1. The van der Waals surface area contributed by atoms with Crippen LogP contribution in [0.15, 0.2) is 23.4 Å². The third kappa shape index (κ3) is 3.00. The summed E-state index contributed by atoms with van der Waals surface area (Å²) >= 11 is 1.35. The Balaban J connectivity index is 1.20. The van der Waals surface area contributed by atoms with Crippen molar-refractivity contribution in [3.63, 3.8) is 0 Å². The van der Waals surface area contributed by atoms with E-state index >= 15 is 0 Å². The number of ether oxygens (including phenoxy) is 2. The van der Waals surface area contributed by atoms with E-state index < -0.39 is 5.79 Å². The van der Waals surface area contributed by atoms with E-state index in [4.69, 9.17) is 9.47 Å². The molecular weight excluding hydrogens is 354 g/mol. The number of hydrogen-bond donors (Lipinski definition) is 1. The third-order valence-corrected chi connectivity index (χ3v) is 5.81. The Labute approximate surface area is 154 Å². The van der Waals surface area contributed by atoms with E-state index in [0.29, 0.717) is 22.6 Å². The fourth-order valence-electron chi connectivity index (χ4n) is 3.45. The molecule has 2 aromatic rings. The Kier molecular flexibility index (Phi) is 3.77. The number of thioether (sulfide) groups is 1. The van der Waals surface area contributed by atoms with Crippen molar-refractivity contribution in [2.24, 2.45) is 0 Å². The molecule has 2 aliphatic carbocycles. The van der Waals surface area contributed by atoms with Crippen LogP contribution in [0.4, 0.5) is 5.69 Å². The molecule has 1 N–H and O–H groups in total. The number of nitrogens with zero attached hydrogens (tertiary/aromatic N) is 4. The van der Waals surface area contributed by atoms with Crippen molar-refractivity contribution in [3.8, 4) is 11.5 Å². The zero-order valence-electron chi connectivity index (χ0n) is 14.2. The lowest BCUT2D eigenvalue weighted by molar-refractivity contribution is -0.113. The van der Waals surface area contributed by atoms with Crippen LogP contribution < -0.4 is 14.8 Å². The monoisotopic (exact) mass is 373 g/mol. The molecule has 0 unspecified atom stereocenters. The van der Waals surface area contributed by atoms with Crippen LogP contribution in [0.25, 0.3) is 0 Å². The molecular formula is C17H19N5O3S. The lowest BCUT2D eigenvalue weighted by Gasteiger charge is -2.21. The smallest absolute Gasteiger partial charge is 0.251 e. The normalized spacial score (nSPS) is 19.8. The summed E-state index contributed by atoms with van der Waals surface area (Å²) in [5.41, 5.74) is 0.704. The van der Waals surface area contributed by atoms with Crippen molar-refractivity contribution in [1.82, 2.24) is 20.2 Å². The first-order valence-electron chi connectivity index (χ1n) is 8.93. The number of benzene rings is 1. The van der Waals surface area contributed by atoms with Crippen molar-refractivity contribution >= 4 is 23.4 Å². The standard InChI is InChI=1S/C17H19N5O3S/c23-15(10-26-16-19-20-21-22(16)12-4-5-12)18-11-3-6-13-14(9-11)25-17(24-13)7-1-2-8-17/h3,6,9,12H,1-2,4-5,7-8,10H2,(H,18,23). The molecule has 1 aromatic heterocycles. The van der Waals surface area contributed by atoms with E-state index in [9.17, 15) is 4.79 Å². The van der Waals surface area contributed by atoms with Gasteiger partial charge in [-0.3, -0.25) is 4.79 Å². The van der Waals surface area contributed by atoms with Gasteiger partial charge in [-0.2, -0.15) is 0 Å². The highest BCUT2D eigenvalue weighted by molar-refractivity contribution is 7.99. The summed E-state index contributed by atoms with van der Waals surface area (Å²) < 4.78 is 13.8. The fourth-order valence-corrected chi connectivity index (χ4v) is 4.19. The van der Waals surface area contributed by atoms with Gasteiger partial charge in [0.25, 0.3) is 5.79 Å². The second kappa shape index (κ2) is 6.15. The third-order valence-electron chi connectivity index (χ3n) is 4.87. The first-order chi connectivity index (χ1) is 12.7. The Bertz CT molecular complexity index is 845. The van der Waals surface area contributed by atoms with Gasteiger partial charge in [-0.15, -0.1) is 5.10 Å². The van der Waals surface area contributed by atoms with Gasteiger partial charge in [0, 0.05) is 24.6 Å². The fraction of sp³-hybridized carbons (Fsp3) is 0.529. The summed E-state index contributed by atoms with van der Waals surface area (Å²) in [6.45, 7) is 0. The topological polar surface area (TPSA) is 91.2 Å². The number of amides is 1. The predicted octanol–water partition coefficient (Wildman–Crippen LogP) is 2.78. The maximum atomic E-state index is 12.3. The number of fused-ring (bicyclic) bond motifs is 1. The molecule has 5 rings (SSSR count). The minimum atomic E-state index is -0.485. The summed E-state index contributed by atoms with van der Waals surface area (Å²) in [7, 11) is 0. The molecule has 1 amide bonds. The Morgan fingerprint density at radius 3 is 2.88 bits per heavy atom. The second-order valence-electron chi connectivity index (χ2n) is 6.96. The number of hydrogen-bond acceptors (Lipinski definition) is 7. The highest BCUT2D eigenvalue weighted by atomic mass is 32.2. The van der Waals surface area contributed by atoms with Crippen molar-refractivity contribution in [2.75, 3.05) is 11.1 Å². The van der Waals surface area contributed by atoms with Crippen LogP contribution in [0.2, 0.25) is 0 Å². The molecule has 2 fully saturated rings. The van der Waals surface area contributed by atoms with E-state index in [2.05, 4.69) is 20.8 Å². The van der Waals surface area contributed by atoms with Crippen LogP contribution in [0.5, 0.6) is 11.5 Å². The van der Waals surface area contributed by atoms with Gasteiger partial charge in [0.2, 0.25) is 11.1 Å². The molecule has 8 nitrogen and oxygen atoms in total. The van der Waals surface area contributed by atoms with Crippen LogP contribution in [0.1, 0.15) is 44.6 Å². The molecule has 26 heavy (non-hydrogen) atoms. The summed E-state index contributed by atoms with van der Waals surface area (Å²) in [6.07, 6.45) is 6.27. The van der Waals surface area contributed by atoms with Gasteiger partial charge >= 0.3 is 0 Å². The average Bonchev–Trinajstić information content (AvgIpc) is 3.06. The summed E-state index contributed by atoms with van der Waals surface area (Å²) in [5, 5.41) is 15.3. The summed E-state index contributed by atoms with van der Waals surface area (Å²) in [6, 6.07) is 5.93. The highest BCUT2D eigenvalue weighted by Crippen LogP contribution is 2.47. The molecule has 0 bridgehead atoms. The van der Waals surface area contributed by atoms with Gasteiger partial charge in [-0.25, -0.2) is 4.68 Å². The van der Waals surface area contributed by atoms with E-state index in [1.54, 1.807) is 4.68 Å². The van der Waals surface area contributed by atoms with Gasteiger partial charge in [0.1, 0.15) is 0 Å². The van der Waals surface area contributed by atoms with E-state index in [-0.39, 0.29) is 11.7 Å². The number of carbonyl (C=O) groups is 1. The van der Waals surface area contributed by atoms with Gasteiger partial charge in [-0.05, 0) is 48.2 Å². The molecule has 136 valence electrons. The predicted molar refractivity (Wildman–Crippen MR) is 94.3 cm³/mol. The molecule has 0 radical (unpaired) electrons. The second-order valence-corrected chi connectivity index (χ2v) is 7.90. The lowest BCUT2D eigenvalue weighted by Crippen LogP contribution is -2.34. The minimum absolute atomic E-state index is 0.102. The van der Waals surface area contributed by atoms with E-state index in [1.807, 2.05) is 18.2 Å². The molecule has 9 heteroatoms. The summed E-state index contributed by atoms with van der Waals surface area (Å²) in [4.78, 5) is 12.3. The molecule has 1 aromatic carbocycles. The van der Waals surface area contributed by atoms with Gasteiger partial charge in [0.05, 0.1) is 11.8 Å². The van der Waals surface area contributed by atoms with Crippen LogP contribution in [-0.4, -0.2) is 37.7 Å². The Morgan fingerprint density at radius 2 is 2.08 bits per heavy atom. The first-order valence-corrected chi connectivity index (χ1v) is 9.92. The number of nitrogens with one attached hydrogen (secondary N) is 1. The minimum Gasteiger partial charge on any atom is -0.448 e. The molecule has 2 heterocycles. The average molecular weight is 373 g/mol. The number of anilines is 1. The van der Waals surface area contributed by atoms with E-state index in [1.165, 1.54) is 11.8 Å². The van der Waals surface area contributed by atoms with Crippen molar-refractivity contribution in [1.29, 1.82) is 0 Å². The molecule has 0 atom stereocenters. The zero-order valence-corrected chi connectivity index (χ0v) is 15.0. The van der Waals surface area contributed by atoms with Crippen molar-refractivity contribution < 1.29 is 14.3 Å².